The summed E-state index contributed by atoms with van der Waals surface area (Å²) in [6.07, 6.45) is 3.24. The molecule has 4 nitrogen and oxygen atoms in total. The maximum Gasteiger partial charge on any atom is 0.137 e. The molecular weight excluding hydrogens is 274 g/mol. The van der Waals surface area contributed by atoms with Gasteiger partial charge in [-0.2, -0.15) is 5.10 Å². The van der Waals surface area contributed by atoms with Crippen LogP contribution in [0, 0.1) is 5.41 Å². The highest BCUT2D eigenvalue weighted by Gasteiger charge is 2.33. The minimum atomic E-state index is -0.0436. The van der Waals surface area contributed by atoms with Crippen LogP contribution >= 0.6 is 11.6 Å². The number of rotatable bonds is 4. The van der Waals surface area contributed by atoms with Gasteiger partial charge in [0.1, 0.15) is 24.5 Å². The molecule has 20 heavy (non-hydrogen) atoms. The first-order valence-electron chi connectivity index (χ1n) is 6.64. The van der Waals surface area contributed by atoms with Crippen molar-refractivity contribution in [1.29, 1.82) is 0 Å². The average molecular weight is 294 g/mol. The van der Waals surface area contributed by atoms with E-state index in [2.05, 4.69) is 30.9 Å². The molecule has 0 fully saturated rings. The number of aromatic nitrogens is 3. The fraction of sp³-hybridized carbons (Fsp3) is 0.467. The van der Waals surface area contributed by atoms with E-state index in [1.54, 1.807) is 12.7 Å². The van der Waals surface area contributed by atoms with Crippen molar-refractivity contribution in [2.75, 3.05) is 0 Å². The fourth-order valence-corrected chi connectivity index (χ4v) is 2.60. The van der Waals surface area contributed by atoms with Crippen LogP contribution < -0.4 is 4.74 Å². The van der Waals surface area contributed by atoms with Gasteiger partial charge in [-0.3, -0.25) is 0 Å². The van der Waals surface area contributed by atoms with Gasteiger partial charge < -0.3 is 4.74 Å². The Labute approximate surface area is 124 Å². The molecule has 0 aliphatic carbocycles. The minimum Gasteiger partial charge on any atom is -0.488 e. The summed E-state index contributed by atoms with van der Waals surface area (Å²) in [6.45, 7) is 8.55. The predicted octanol–water partition coefficient (Wildman–Crippen LogP) is 3.99. The van der Waals surface area contributed by atoms with Gasteiger partial charge in [0.25, 0.3) is 0 Å². The summed E-state index contributed by atoms with van der Waals surface area (Å²) >= 11 is 5.89. The molecule has 5 heteroatoms. The van der Waals surface area contributed by atoms with Crippen molar-refractivity contribution in [2.24, 2.45) is 5.41 Å². The predicted molar refractivity (Wildman–Crippen MR) is 80.1 cm³/mol. The Kier molecular flexibility index (Phi) is 4.33. The van der Waals surface area contributed by atoms with Gasteiger partial charge in [-0.1, -0.05) is 32.4 Å². The molecular formula is C15H20ClN3O. The van der Waals surface area contributed by atoms with Crippen molar-refractivity contribution in [2.45, 2.75) is 39.8 Å². The van der Waals surface area contributed by atoms with Crippen molar-refractivity contribution in [3.63, 3.8) is 0 Å². The molecule has 0 spiro atoms. The van der Waals surface area contributed by atoms with E-state index < -0.39 is 0 Å². The van der Waals surface area contributed by atoms with Crippen LogP contribution in [0.3, 0.4) is 0 Å². The molecule has 1 aromatic heterocycles. The Morgan fingerprint density at radius 2 is 1.85 bits per heavy atom. The lowest BCUT2D eigenvalue weighted by Crippen LogP contribution is -2.36. The molecule has 0 bridgehead atoms. The monoisotopic (exact) mass is 293 g/mol. The molecule has 0 radical (unpaired) electrons. The number of ether oxygens (including phenoxy) is 1. The quantitative estimate of drug-likeness (QED) is 0.856. The number of benzene rings is 1. The van der Waals surface area contributed by atoms with Crippen LogP contribution in [0.25, 0.3) is 0 Å². The van der Waals surface area contributed by atoms with Crippen molar-refractivity contribution < 1.29 is 4.74 Å². The summed E-state index contributed by atoms with van der Waals surface area (Å²) in [5, 5.41) is 4.97. The first-order chi connectivity index (χ1) is 9.38. The average Bonchev–Trinajstić information content (AvgIpc) is 2.84. The van der Waals surface area contributed by atoms with Gasteiger partial charge >= 0.3 is 0 Å². The molecule has 0 N–H and O–H groups in total. The molecule has 0 aliphatic heterocycles. The van der Waals surface area contributed by atoms with Crippen LogP contribution in [0.5, 0.6) is 5.75 Å². The molecule has 2 unspecified atom stereocenters. The van der Waals surface area contributed by atoms with Crippen LogP contribution in [0.4, 0.5) is 0 Å². The smallest absolute Gasteiger partial charge is 0.137 e. The molecule has 2 rings (SSSR count). The van der Waals surface area contributed by atoms with Gasteiger partial charge in [-0.25, -0.2) is 9.67 Å². The first kappa shape index (κ1) is 14.9. The normalized spacial score (nSPS) is 14.8. The van der Waals surface area contributed by atoms with E-state index in [9.17, 15) is 0 Å². The molecule has 0 saturated carbocycles. The zero-order valence-corrected chi connectivity index (χ0v) is 13.0. The van der Waals surface area contributed by atoms with Gasteiger partial charge in [-0.05, 0) is 36.6 Å². The standard InChI is InChI=1S/C15H20ClN3O/c1-11(20-13-7-5-12(16)6-8-13)14(15(2,3)4)19-10-17-9-18-19/h5-11,14H,1-4H3. The third-order valence-corrected chi connectivity index (χ3v) is 3.44. The zero-order valence-electron chi connectivity index (χ0n) is 12.2. The summed E-state index contributed by atoms with van der Waals surface area (Å²) in [5.74, 6) is 0.802. The van der Waals surface area contributed by atoms with Crippen molar-refractivity contribution >= 4 is 11.6 Å². The second kappa shape index (κ2) is 5.83. The number of hydrogen-bond donors (Lipinski definition) is 0. The van der Waals surface area contributed by atoms with E-state index >= 15 is 0 Å². The topological polar surface area (TPSA) is 39.9 Å². The van der Waals surface area contributed by atoms with Gasteiger partial charge in [0.05, 0.1) is 6.04 Å². The van der Waals surface area contributed by atoms with Gasteiger partial charge in [0.2, 0.25) is 0 Å². The number of hydrogen-bond acceptors (Lipinski definition) is 3. The van der Waals surface area contributed by atoms with Crippen LogP contribution in [-0.2, 0) is 0 Å². The Bertz CT molecular complexity index is 531. The van der Waals surface area contributed by atoms with E-state index in [0.29, 0.717) is 5.02 Å². The van der Waals surface area contributed by atoms with E-state index in [1.807, 2.05) is 35.9 Å². The lowest BCUT2D eigenvalue weighted by atomic mass is 9.84. The summed E-state index contributed by atoms with van der Waals surface area (Å²) < 4.78 is 7.90. The third-order valence-electron chi connectivity index (χ3n) is 3.19. The highest BCUT2D eigenvalue weighted by molar-refractivity contribution is 6.30. The van der Waals surface area contributed by atoms with Crippen molar-refractivity contribution in [3.8, 4) is 5.75 Å². The zero-order chi connectivity index (χ0) is 14.8. The Morgan fingerprint density at radius 3 is 2.35 bits per heavy atom. The van der Waals surface area contributed by atoms with E-state index in [-0.39, 0.29) is 17.6 Å². The molecule has 108 valence electrons. The van der Waals surface area contributed by atoms with E-state index in [1.165, 1.54) is 0 Å². The maximum absolute atomic E-state index is 6.03. The fourth-order valence-electron chi connectivity index (χ4n) is 2.47. The summed E-state index contributed by atoms with van der Waals surface area (Å²) in [5.41, 5.74) is -0.000454. The first-order valence-corrected chi connectivity index (χ1v) is 7.02. The molecule has 1 aromatic carbocycles. The van der Waals surface area contributed by atoms with Crippen LogP contribution in [0.15, 0.2) is 36.9 Å². The highest BCUT2D eigenvalue weighted by atomic mass is 35.5. The van der Waals surface area contributed by atoms with Crippen LogP contribution in [0.1, 0.15) is 33.7 Å². The second-order valence-corrected chi connectivity index (χ2v) is 6.40. The molecule has 2 aromatic rings. The van der Waals surface area contributed by atoms with Gasteiger partial charge in [-0.15, -0.1) is 0 Å². The third kappa shape index (κ3) is 3.51. The summed E-state index contributed by atoms with van der Waals surface area (Å²) in [7, 11) is 0. The van der Waals surface area contributed by atoms with Gasteiger partial charge in [0, 0.05) is 5.02 Å². The highest BCUT2D eigenvalue weighted by Crippen LogP contribution is 2.34. The molecule has 0 aliphatic rings. The minimum absolute atomic E-state index is 0.000454. The number of nitrogens with zero attached hydrogens (tertiary/aromatic N) is 3. The van der Waals surface area contributed by atoms with Gasteiger partial charge in [0.15, 0.2) is 0 Å². The Hall–Kier alpha value is -1.55. The Morgan fingerprint density at radius 1 is 1.20 bits per heavy atom. The number of halogens is 1. The SMILES string of the molecule is CC(Oc1ccc(Cl)cc1)C(n1cncn1)C(C)(C)C. The lowest BCUT2D eigenvalue weighted by molar-refractivity contribution is 0.0737. The largest absolute Gasteiger partial charge is 0.488 e. The second-order valence-electron chi connectivity index (χ2n) is 5.96. The van der Waals surface area contributed by atoms with E-state index in [0.717, 1.165) is 5.75 Å². The van der Waals surface area contributed by atoms with Crippen molar-refractivity contribution in [3.05, 3.63) is 41.9 Å². The molecule has 0 saturated heterocycles. The molecule has 2 atom stereocenters. The Balaban J connectivity index is 2.19. The lowest BCUT2D eigenvalue weighted by Gasteiger charge is -2.35. The maximum atomic E-state index is 6.03. The molecule has 0 amide bonds. The van der Waals surface area contributed by atoms with Crippen LogP contribution in [-0.4, -0.2) is 20.9 Å². The van der Waals surface area contributed by atoms with Crippen molar-refractivity contribution in [1.82, 2.24) is 14.8 Å². The van der Waals surface area contributed by atoms with Crippen LogP contribution in [0.2, 0.25) is 5.02 Å². The molecule has 1 heterocycles. The summed E-state index contributed by atoms with van der Waals surface area (Å²) in [6, 6.07) is 7.48. The van der Waals surface area contributed by atoms with E-state index in [4.69, 9.17) is 16.3 Å². The summed E-state index contributed by atoms with van der Waals surface area (Å²) in [4.78, 5) is 4.04.